The number of pyridine rings is 1. The Labute approximate surface area is 144 Å². The van der Waals surface area contributed by atoms with E-state index in [0.29, 0.717) is 0 Å². The molecular weight excluding hydrogens is 316 g/mol. The molecule has 1 aliphatic rings. The zero-order valence-electron chi connectivity index (χ0n) is 14.0. The normalized spacial score (nSPS) is 17.9. The fraction of sp³-hybridized carbons (Fsp3) is 0.316. The number of H-pyrrole nitrogens is 1. The van der Waals surface area contributed by atoms with Gasteiger partial charge >= 0.3 is 0 Å². The number of fused-ring (bicyclic) bond motifs is 2. The number of hydrogen-bond acceptors (Lipinski definition) is 3. The van der Waals surface area contributed by atoms with E-state index < -0.39 is 0 Å². The van der Waals surface area contributed by atoms with Crippen molar-refractivity contribution in [1.82, 2.24) is 19.9 Å². The first-order valence-electron chi connectivity index (χ1n) is 8.57. The van der Waals surface area contributed by atoms with Crippen LogP contribution in [0.5, 0.6) is 0 Å². The first-order valence-corrected chi connectivity index (χ1v) is 8.57. The summed E-state index contributed by atoms with van der Waals surface area (Å²) in [6, 6.07) is 10.7. The molecule has 0 fully saturated rings. The monoisotopic (exact) mass is 336 g/mol. The molecule has 0 saturated heterocycles. The van der Waals surface area contributed by atoms with Crippen LogP contribution >= 0.6 is 0 Å². The summed E-state index contributed by atoms with van der Waals surface area (Å²) < 4.78 is 1.89. The molecule has 0 saturated carbocycles. The fourth-order valence-corrected chi connectivity index (χ4v) is 3.56. The van der Waals surface area contributed by atoms with Gasteiger partial charge in [-0.25, -0.2) is 4.98 Å². The van der Waals surface area contributed by atoms with E-state index in [1.807, 2.05) is 41.8 Å². The summed E-state index contributed by atoms with van der Waals surface area (Å²) in [5.41, 5.74) is 3.68. The van der Waals surface area contributed by atoms with Gasteiger partial charge in [0.25, 0.3) is 0 Å². The first kappa shape index (κ1) is 15.6. The summed E-state index contributed by atoms with van der Waals surface area (Å²) in [6.07, 6.45) is 4.38. The molecule has 0 spiro atoms. The second kappa shape index (κ2) is 6.20. The smallest absolute Gasteiger partial charge is 0.248 e. The van der Waals surface area contributed by atoms with E-state index in [-0.39, 0.29) is 23.6 Å². The third kappa shape index (κ3) is 2.84. The molecule has 128 valence electrons. The van der Waals surface area contributed by atoms with Crippen molar-refractivity contribution in [2.75, 3.05) is 0 Å². The van der Waals surface area contributed by atoms with Crippen molar-refractivity contribution in [1.29, 1.82) is 0 Å². The topological polar surface area (TPSA) is 79.8 Å². The van der Waals surface area contributed by atoms with E-state index in [1.54, 1.807) is 6.33 Å². The molecule has 0 radical (unpaired) electrons. The number of aromatic nitrogens is 3. The summed E-state index contributed by atoms with van der Waals surface area (Å²) >= 11 is 0. The minimum atomic E-state index is -0.361. The molecular formula is C19H20N4O2. The minimum absolute atomic E-state index is 0.0489. The number of carbonyl (C=O) groups excluding carboxylic acids is 1. The van der Waals surface area contributed by atoms with E-state index >= 15 is 0 Å². The highest BCUT2D eigenvalue weighted by molar-refractivity contribution is 5.83. The molecule has 4 rings (SSSR count). The van der Waals surface area contributed by atoms with Crippen LogP contribution in [0.3, 0.4) is 0 Å². The Balaban J connectivity index is 1.57. The van der Waals surface area contributed by atoms with E-state index in [4.69, 9.17) is 0 Å². The van der Waals surface area contributed by atoms with Crippen LogP contribution in [-0.2, 0) is 11.2 Å². The standard InChI is InChI=1S/C19H20N4O2/c1-12(23-11-20-16-5-2-3-8-17(16)23)19(25)22-15-7-4-6-14-13(15)9-10-18(24)21-14/h2-3,5,8-12,15H,4,6-7H2,1H3,(H,21,24)(H,22,25)/t12-,15+/m0/s1. The maximum absolute atomic E-state index is 12.8. The van der Waals surface area contributed by atoms with E-state index in [9.17, 15) is 9.59 Å². The Bertz CT molecular complexity index is 988. The third-order valence-corrected chi connectivity index (χ3v) is 4.93. The average Bonchev–Trinajstić information content (AvgIpc) is 3.05. The van der Waals surface area contributed by atoms with Crippen molar-refractivity contribution in [3.05, 3.63) is 64.3 Å². The lowest BCUT2D eigenvalue weighted by atomic mass is 9.91. The lowest BCUT2D eigenvalue weighted by molar-refractivity contribution is -0.124. The lowest BCUT2D eigenvalue weighted by Gasteiger charge is -2.27. The number of nitrogens with zero attached hydrogens (tertiary/aromatic N) is 2. The third-order valence-electron chi connectivity index (χ3n) is 4.93. The van der Waals surface area contributed by atoms with Gasteiger partial charge in [-0.15, -0.1) is 0 Å². The van der Waals surface area contributed by atoms with Crippen molar-refractivity contribution in [3.8, 4) is 0 Å². The van der Waals surface area contributed by atoms with Crippen molar-refractivity contribution in [2.24, 2.45) is 0 Å². The highest BCUT2D eigenvalue weighted by atomic mass is 16.2. The van der Waals surface area contributed by atoms with Crippen molar-refractivity contribution < 1.29 is 4.79 Å². The minimum Gasteiger partial charge on any atom is -0.347 e. The Kier molecular flexibility index (Phi) is 3.87. The quantitative estimate of drug-likeness (QED) is 0.771. The summed E-state index contributed by atoms with van der Waals surface area (Å²) in [5.74, 6) is -0.0489. The SMILES string of the molecule is C[C@@H](C(=O)N[C@@H]1CCCc2[nH]c(=O)ccc21)n1cnc2ccccc21. The van der Waals surface area contributed by atoms with E-state index in [1.165, 1.54) is 6.07 Å². The van der Waals surface area contributed by atoms with Crippen LogP contribution in [0.2, 0.25) is 0 Å². The number of rotatable bonds is 3. The number of imidazole rings is 1. The molecule has 3 aromatic rings. The molecule has 6 nitrogen and oxygen atoms in total. The van der Waals surface area contributed by atoms with Crippen molar-refractivity contribution in [2.45, 2.75) is 38.3 Å². The summed E-state index contributed by atoms with van der Waals surface area (Å²) in [4.78, 5) is 31.6. The second-order valence-electron chi connectivity index (χ2n) is 6.53. The molecule has 6 heteroatoms. The molecule has 25 heavy (non-hydrogen) atoms. The Hall–Kier alpha value is -2.89. The number of amides is 1. The maximum Gasteiger partial charge on any atom is 0.248 e. The number of carbonyl (C=O) groups is 1. The zero-order chi connectivity index (χ0) is 17.4. The molecule has 0 unspecified atom stereocenters. The molecule has 1 aliphatic carbocycles. The van der Waals surface area contributed by atoms with Crippen LogP contribution in [0.15, 0.2) is 47.5 Å². The van der Waals surface area contributed by atoms with Crippen LogP contribution in [0.25, 0.3) is 11.0 Å². The van der Waals surface area contributed by atoms with Crippen LogP contribution in [-0.4, -0.2) is 20.4 Å². The molecule has 2 atom stereocenters. The summed E-state index contributed by atoms with van der Waals surface area (Å²) in [6.45, 7) is 1.88. The zero-order valence-corrected chi connectivity index (χ0v) is 14.0. The first-order chi connectivity index (χ1) is 12.1. The van der Waals surface area contributed by atoms with Gasteiger partial charge < -0.3 is 14.9 Å². The highest BCUT2D eigenvalue weighted by Gasteiger charge is 2.25. The van der Waals surface area contributed by atoms with Gasteiger partial charge in [0, 0.05) is 11.8 Å². The summed E-state index contributed by atoms with van der Waals surface area (Å²) in [7, 11) is 0. The van der Waals surface area contributed by atoms with Gasteiger partial charge in [0.2, 0.25) is 11.5 Å². The second-order valence-corrected chi connectivity index (χ2v) is 6.53. The number of nitrogens with one attached hydrogen (secondary N) is 2. The van der Waals surface area contributed by atoms with E-state index in [0.717, 1.165) is 41.6 Å². The number of hydrogen-bond donors (Lipinski definition) is 2. The molecule has 2 heterocycles. The largest absolute Gasteiger partial charge is 0.347 e. The van der Waals surface area contributed by atoms with Crippen LogP contribution < -0.4 is 10.9 Å². The predicted octanol–water partition coefficient (Wildman–Crippen LogP) is 2.48. The van der Waals surface area contributed by atoms with E-state index in [2.05, 4.69) is 15.3 Å². The van der Waals surface area contributed by atoms with Crippen molar-refractivity contribution in [3.63, 3.8) is 0 Å². The molecule has 2 aromatic heterocycles. The molecule has 0 bridgehead atoms. The highest BCUT2D eigenvalue weighted by Crippen LogP contribution is 2.28. The van der Waals surface area contributed by atoms with Crippen LogP contribution in [0, 0.1) is 0 Å². The van der Waals surface area contributed by atoms with Gasteiger partial charge in [0.05, 0.1) is 23.4 Å². The van der Waals surface area contributed by atoms with Gasteiger partial charge in [0.1, 0.15) is 6.04 Å². The Morgan fingerprint density at radius 2 is 2.16 bits per heavy atom. The average molecular weight is 336 g/mol. The van der Waals surface area contributed by atoms with Crippen LogP contribution in [0.1, 0.15) is 43.1 Å². The lowest BCUT2D eigenvalue weighted by Crippen LogP contribution is -2.36. The molecule has 1 amide bonds. The maximum atomic E-state index is 12.8. The summed E-state index contributed by atoms with van der Waals surface area (Å²) in [5, 5.41) is 3.14. The number of benzene rings is 1. The van der Waals surface area contributed by atoms with Crippen LogP contribution in [0.4, 0.5) is 0 Å². The Morgan fingerprint density at radius 1 is 1.32 bits per heavy atom. The van der Waals surface area contributed by atoms with Gasteiger partial charge in [-0.2, -0.15) is 0 Å². The number of para-hydroxylation sites is 2. The molecule has 0 aliphatic heterocycles. The van der Waals surface area contributed by atoms with Gasteiger partial charge in [-0.05, 0) is 49.9 Å². The molecule has 2 N–H and O–H groups in total. The number of aromatic amines is 1. The molecule has 1 aromatic carbocycles. The van der Waals surface area contributed by atoms with Gasteiger partial charge in [-0.1, -0.05) is 12.1 Å². The fourth-order valence-electron chi connectivity index (χ4n) is 3.56. The van der Waals surface area contributed by atoms with Gasteiger partial charge in [-0.3, -0.25) is 9.59 Å². The predicted molar refractivity (Wildman–Crippen MR) is 95.3 cm³/mol. The number of aryl methyl sites for hydroxylation is 1. The van der Waals surface area contributed by atoms with Crippen molar-refractivity contribution >= 4 is 16.9 Å². The van der Waals surface area contributed by atoms with Gasteiger partial charge in [0.15, 0.2) is 0 Å². The Morgan fingerprint density at radius 3 is 3.04 bits per heavy atom.